The molecule has 0 atom stereocenters. The predicted octanol–water partition coefficient (Wildman–Crippen LogP) is 2.84. The van der Waals surface area contributed by atoms with E-state index in [9.17, 15) is 9.90 Å². The molecule has 0 spiro atoms. The Kier molecular flexibility index (Phi) is 3.72. The number of hydrogen-bond donors (Lipinski definition) is 1. The molecule has 1 aliphatic rings. The lowest BCUT2D eigenvalue weighted by atomic mass is 10.00. The summed E-state index contributed by atoms with van der Waals surface area (Å²) in [5.74, 6) is -0.644. The molecule has 0 fully saturated rings. The fourth-order valence-corrected chi connectivity index (χ4v) is 3.12. The van der Waals surface area contributed by atoms with Crippen LogP contribution in [0, 0.1) is 6.92 Å². The van der Waals surface area contributed by atoms with Crippen LogP contribution in [0.1, 0.15) is 27.2 Å². The summed E-state index contributed by atoms with van der Waals surface area (Å²) in [4.78, 5) is 15.1. The smallest absolute Gasteiger partial charge is 0.360 e. The van der Waals surface area contributed by atoms with E-state index in [2.05, 4.69) is 22.3 Å². The van der Waals surface area contributed by atoms with Crippen LogP contribution in [0.25, 0.3) is 5.69 Å². The molecule has 0 aliphatic carbocycles. The van der Waals surface area contributed by atoms with Gasteiger partial charge in [0.1, 0.15) is 0 Å². The Morgan fingerprint density at radius 1 is 1.04 bits per heavy atom. The van der Waals surface area contributed by atoms with Gasteiger partial charge in [-0.05, 0) is 36.6 Å². The summed E-state index contributed by atoms with van der Waals surface area (Å²) in [7, 11) is 0. The molecule has 0 bridgehead atoms. The molecule has 0 saturated carbocycles. The Labute approximate surface area is 145 Å². The predicted molar refractivity (Wildman–Crippen MR) is 94.3 cm³/mol. The summed E-state index contributed by atoms with van der Waals surface area (Å²) in [6, 6.07) is 15.9. The maximum atomic E-state index is 11.7. The van der Waals surface area contributed by atoms with Crippen LogP contribution < -0.4 is 4.90 Å². The van der Waals surface area contributed by atoms with Gasteiger partial charge in [-0.3, -0.25) is 0 Å². The summed E-state index contributed by atoms with van der Waals surface area (Å²) >= 11 is 0. The highest BCUT2D eigenvalue weighted by Crippen LogP contribution is 2.25. The van der Waals surface area contributed by atoms with E-state index in [1.807, 2.05) is 48.2 Å². The maximum Gasteiger partial charge on any atom is 0.360 e. The van der Waals surface area contributed by atoms with Gasteiger partial charge in [0.15, 0.2) is 5.82 Å². The first-order valence-electron chi connectivity index (χ1n) is 8.21. The van der Waals surface area contributed by atoms with Gasteiger partial charge in [-0.1, -0.05) is 42.0 Å². The van der Waals surface area contributed by atoms with Crippen LogP contribution in [0.5, 0.6) is 0 Å². The lowest BCUT2D eigenvalue weighted by molar-refractivity contribution is 0.0690. The Morgan fingerprint density at radius 3 is 2.48 bits per heavy atom. The molecule has 0 unspecified atom stereocenters. The quantitative estimate of drug-likeness (QED) is 0.797. The molecule has 3 aromatic rings. The van der Waals surface area contributed by atoms with E-state index < -0.39 is 5.97 Å². The van der Waals surface area contributed by atoms with Crippen molar-refractivity contribution in [2.24, 2.45) is 0 Å². The lowest BCUT2D eigenvalue weighted by Gasteiger charge is -2.28. The average molecular weight is 334 g/mol. The van der Waals surface area contributed by atoms with Gasteiger partial charge >= 0.3 is 5.97 Å². The van der Waals surface area contributed by atoms with E-state index in [4.69, 9.17) is 0 Å². The van der Waals surface area contributed by atoms with Crippen molar-refractivity contribution in [3.8, 4) is 5.69 Å². The number of carbonyl (C=O) groups is 1. The zero-order valence-electron chi connectivity index (χ0n) is 13.9. The second-order valence-electron chi connectivity index (χ2n) is 6.24. The number of hydrogen-bond acceptors (Lipinski definition) is 4. The zero-order valence-corrected chi connectivity index (χ0v) is 13.9. The summed E-state index contributed by atoms with van der Waals surface area (Å²) in [6.45, 7) is 3.37. The van der Waals surface area contributed by atoms with Gasteiger partial charge < -0.3 is 10.0 Å². The van der Waals surface area contributed by atoms with Gasteiger partial charge in [0.2, 0.25) is 5.69 Å². The SMILES string of the molecule is Cc1ccc(-n2nc(C(=O)O)c(N3CCc4ccccc4C3)n2)cc1. The number of nitrogens with zero attached hydrogens (tertiary/aromatic N) is 4. The Hall–Kier alpha value is -3.15. The summed E-state index contributed by atoms with van der Waals surface area (Å²) in [5, 5.41) is 18.2. The van der Waals surface area contributed by atoms with Gasteiger partial charge in [0.05, 0.1) is 5.69 Å². The van der Waals surface area contributed by atoms with E-state index in [-0.39, 0.29) is 5.69 Å². The van der Waals surface area contributed by atoms with E-state index >= 15 is 0 Å². The van der Waals surface area contributed by atoms with Crippen LogP contribution in [0.4, 0.5) is 5.82 Å². The standard InChI is InChI=1S/C19H18N4O2/c1-13-6-8-16(9-7-13)23-20-17(19(24)25)18(21-23)22-11-10-14-4-2-3-5-15(14)12-22/h2-9H,10-12H2,1H3,(H,24,25). The molecule has 126 valence electrons. The largest absolute Gasteiger partial charge is 0.476 e. The number of carboxylic acid groups (broad SMARTS) is 1. The van der Waals surface area contributed by atoms with E-state index in [1.54, 1.807) is 0 Å². The molecule has 1 aliphatic heterocycles. The van der Waals surface area contributed by atoms with Crippen molar-refractivity contribution in [3.63, 3.8) is 0 Å². The number of rotatable bonds is 3. The van der Waals surface area contributed by atoms with Crippen LogP contribution in [0.15, 0.2) is 48.5 Å². The number of aromatic carboxylic acids is 1. The first kappa shape index (κ1) is 15.4. The molecule has 0 amide bonds. The topological polar surface area (TPSA) is 71.2 Å². The molecule has 6 nitrogen and oxygen atoms in total. The Balaban J connectivity index is 1.72. The molecule has 1 N–H and O–H groups in total. The monoisotopic (exact) mass is 334 g/mol. The normalized spacial score (nSPS) is 13.6. The summed E-state index contributed by atoms with van der Waals surface area (Å²) in [5.41, 5.74) is 4.37. The third kappa shape index (κ3) is 2.87. The summed E-state index contributed by atoms with van der Waals surface area (Å²) < 4.78 is 0. The van der Waals surface area contributed by atoms with Crippen molar-refractivity contribution >= 4 is 11.8 Å². The van der Waals surface area contributed by atoms with Crippen molar-refractivity contribution in [1.82, 2.24) is 15.0 Å². The third-order valence-electron chi connectivity index (χ3n) is 4.49. The minimum absolute atomic E-state index is 0.0139. The summed E-state index contributed by atoms with van der Waals surface area (Å²) in [6.07, 6.45) is 0.868. The van der Waals surface area contributed by atoms with Gasteiger partial charge in [-0.2, -0.15) is 0 Å². The van der Waals surface area contributed by atoms with Gasteiger partial charge in [0, 0.05) is 13.1 Å². The molecule has 2 heterocycles. The first-order valence-corrected chi connectivity index (χ1v) is 8.21. The van der Waals surface area contributed by atoms with E-state index in [0.29, 0.717) is 12.4 Å². The highest BCUT2D eigenvalue weighted by Gasteiger charge is 2.26. The Morgan fingerprint density at radius 2 is 1.76 bits per heavy atom. The molecule has 2 aromatic carbocycles. The fraction of sp³-hybridized carbons (Fsp3) is 0.211. The Bertz CT molecular complexity index is 931. The highest BCUT2D eigenvalue weighted by atomic mass is 16.4. The molecule has 0 saturated heterocycles. The van der Waals surface area contributed by atoms with E-state index in [0.717, 1.165) is 24.2 Å². The molecular formula is C19H18N4O2. The van der Waals surface area contributed by atoms with Crippen molar-refractivity contribution in [3.05, 3.63) is 70.9 Å². The number of fused-ring (bicyclic) bond motifs is 1. The van der Waals surface area contributed by atoms with E-state index in [1.165, 1.54) is 15.9 Å². The van der Waals surface area contributed by atoms with Crippen molar-refractivity contribution in [2.75, 3.05) is 11.4 Å². The molecule has 25 heavy (non-hydrogen) atoms. The minimum atomic E-state index is -1.06. The number of carboxylic acids is 1. The van der Waals surface area contributed by atoms with Crippen molar-refractivity contribution < 1.29 is 9.90 Å². The van der Waals surface area contributed by atoms with Crippen LogP contribution >= 0.6 is 0 Å². The first-order chi connectivity index (χ1) is 12.1. The highest BCUT2D eigenvalue weighted by molar-refractivity contribution is 5.91. The second-order valence-corrected chi connectivity index (χ2v) is 6.24. The minimum Gasteiger partial charge on any atom is -0.476 e. The van der Waals surface area contributed by atoms with Gasteiger partial charge in [-0.25, -0.2) is 4.79 Å². The van der Waals surface area contributed by atoms with Crippen molar-refractivity contribution in [2.45, 2.75) is 19.9 Å². The third-order valence-corrected chi connectivity index (χ3v) is 4.49. The van der Waals surface area contributed by atoms with Gasteiger partial charge in [0.25, 0.3) is 0 Å². The zero-order chi connectivity index (χ0) is 17.4. The maximum absolute atomic E-state index is 11.7. The molecule has 4 rings (SSSR count). The number of aromatic nitrogens is 3. The van der Waals surface area contributed by atoms with Crippen LogP contribution in [-0.2, 0) is 13.0 Å². The van der Waals surface area contributed by atoms with Crippen LogP contribution in [0.2, 0.25) is 0 Å². The lowest BCUT2D eigenvalue weighted by Crippen LogP contribution is -2.31. The fourth-order valence-electron chi connectivity index (χ4n) is 3.12. The number of benzene rings is 2. The van der Waals surface area contributed by atoms with Crippen LogP contribution in [0.3, 0.4) is 0 Å². The molecule has 0 radical (unpaired) electrons. The number of anilines is 1. The average Bonchev–Trinajstić information content (AvgIpc) is 3.07. The molecule has 6 heteroatoms. The number of aryl methyl sites for hydroxylation is 1. The molecule has 1 aromatic heterocycles. The molecular weight excluding hydrogens is 316 g/mol. The van der Waals surface area contributed by atoms with Gasteiger partial charge in [-0.15, -0.1) is 15.0 Å². The van der Waals surface area contributed by atoms with Crippen molar-refractivity contribution in [1.29, 1.82) is 0 Å². The van der Waals surface area contributed by atoms with Crippen LogP contribution in [-0.4, -0.2) is 32.6 Å². The second kappa shape index (κ2) is 6.05.